The van der Waals surface area contributed by atoms with Gasteiger partial charge in [0.2, 0.25) is 0 Å². The highest BCUT2D eigenvalue weighted by molar-refractivity contribution is 6.19. The van der Waals surface area contributed by atoms with Crippen LogP contribution in [-0.2, 0) is 0 Å². The average Bonchev–Trinajstić information content (AvgIpc) is 2.53. The van der Waals surface area contributed by atoms with Gasteiger partial charge in [-0.05, 0) is 19.1 Å². The van der Waals surface area contributed by atoms with Crippen LogP contribution in [0.15, 0.2) is 54.6 Å². The topological polar surface area (TPSA) is 37.4 Å². The molecule has 21 heavy (non-hydrogen) atoms. The maximum atomic E-state index is 12.7. The van der Waals surface area contributed by atoms with Gasteiger partial charge in [0.15, 0.2) is 11.6 Å². The molecule has 1 heterocycles. The van der Waals surface area contributed by atoms with Gasteiger partial charge in [-0.1, -0.05) is 42.5 Å². The number of carbonyl (C=O) groups excluding carboxylic acids is 2. The van der Waals surface area contributed by atoms with E-state index in [4.69, 9.17) is 0 Å². The molecule has 0 amide bonds. The molecule has 0 bridgehead atoms. The molecule has 2 unspecified atom stereocenters. The van der Waals surface area contributed by atoms with Gasteiger partial charge >= 0.3 is 0 Å². The average molecular weight is 279 g/mol. The first-order chi connectivity index (χ1) is 10.1. The highest BCUT2D eigenvalue weighted by Crippen LogP contribution is 2.34. The van der Waals surface area contributed by atoms with Gasteiger partial charge in [-0.2, -0.15) is 0 Å². The van der Waals surface area contributed by atoms with Gasteiger partial charge in [-0.15, -0.1) is 0 Å². The van der Waals surface area contributed by atoms with Crippen molar-refractivity contribution in [2.24, 2.45) is 5.92 Å². The number of Topliss-reactive ketones (excluding diaryl/α,β-unsaturated/α-hetero) is 2. The van der Waals surface area contributed by atoms with Crippen LogP contribution < -0.4 is 4.90 Å². The predicted octanol–water partition coefficient (Wildman–Crippen LogP) is 3.21. The van der Waals surface area contributed by atoms with Crippen LogP contribution in [0.3, 0.4) is 0 Å². The normalized spacial score (nSPS) is 21.0. The lowest BCUT2D eigenvalue weighted by Gasteiger charge is -2.38. The van der Waals surface area contributed by atoms with Crippen LogP contribution in [0.5, 0.6) is 0 Å². The first kappa shape index (κ1) is 13.6. The van der Waals surface area contributed by atoms with Gasteiger partial charge in [0.1, 0.15) is 5.92 Å². The lowest BCUT2D eigenvalue weighted by atomic mass is 9.80. The van der Waals surface area contributed by atoms with Crippen molar-refractivity contribution in [2.75, 3.05) is 11.9 Å². The van der Waals surface area contributed by atoms with E-state index in [2.05, 4.69) is 0 Å². The third-order valence-corrected chi connectivity index (χ3v) is 4.27. The Morgan fingerprint density at radius 1 is 1.00 bits per heavy atom. The molecule has 3 rings (SSSR count). The van der Waals surface area contributed by atoms with Crippen molar-refractivity contribution in [1.29, 1.82) is 0 Å². The quantitative estimate of drug-likeness (QED) is 0.626. The highest BCUT2D eigenvalue weighted by atomic mass is 16.2. The molecule has 0 aromatic heterocycles. The minimum atomic E-state index is -0.646. The molecule has 3 heteroatoms. The van der Waals surface area contributed by atoms with Crippen molar-refractivity contribution in [3.63, 3.8) is 0 Å². The molecule has 2 aromatic rings. The molecule has 1 aliphatic heterocycles. The predicted molar refractivity (Wildman–Crippen MR) is 82.9 cm³/mol. The largest absolute Gasteiger partial charge is 0.370 e. The Bertz CT molecular complexity index is 693. The number of benzene rings is 2. The molecule has 0 spiro atoms. The maximum Gasteiger partial charge on any atom is 0.177 e. The van der Waals surface area contributed by atoms with E-state index in [0.717, 1.165) is 5.69 Å². The summed E-state index contributed by atoms with van der Waals surface area (Å²) in [7, 11) is 1.93. The van der Waals surface area contributed by atoms with Crippen LogP contribution in [-0.4, -0.2) is 24.7 Å². The molecule has 1 aliphatic rings. The van der Waals surface area contributed by atoms with Crippen molar-refractivity contribution in [3.05, 3.63) is 65.7 Å². The molecule has 3 nitrogen and oxygen atoms in total. The second-order valence-electron chi connectivity index (χ2n) is 5.44. The van der Waals surface area contributed by atoms with Gasteiger partial charge in [-0.25, -0.2) is 0 Å². The van der Waals surface area contributed by atoms with Gasteiger partial charge in [0, 0.05) is 29.9 Å². The van der Waals surface area contributed by atoms with Crippen molar-refractivity contribution in [1.82, 2.24) is 0 Å². The third-order valence-electron chi connectivity index (χ3n) is 4.27. The molecular formula is C18H17NO2. The highest BCUT2D eigenvalue weighted by Gasteiger charge is 2.40. The minimum absolute atomic E-state index is 0.0787. The van der Waals surface area contributed by atoms with E-state index >= 15 is 0 Å². The van der Waals surface area contributed by atoms with E-state index in [9.17, 15) is 9.59 Å². The number of para-hydroxylation sites is 1. The van der Waals surface area contributed by atoms with E-state index < -0.39 is 5.92 Å². The van der Waals surface area contributed by atoms with Crippen LogP contribution in [0.2, 0.25) is 0 Å². The molecule has 0 N–H and O–H groups in total. The Morgan fingerprint density at radius 2 is 1.62 bits per heavy atom. The summed E-state index contributed by atoms with van der Waals surface area (Å²) in [5, 5.41) is 0. The summed E-state index contributed by atoms with van der Waals surface area (Å²) in [6.45, 7) is 1.93. The summed E-state index contributed by atoms with van der Waals surface area (Å²) < 4.78 is 0. The Labute approximate surface area is 124 Å². The SMILES string of the molecule is CC1C(C(=O)c2ccccc2)C(=O)c2ccccc2N1C. The first-order valence-corrected chi connectivity index (χ1v) is 7.06. The van der Waals surface area contributed by atoms with Gasteiger partial charge < -0.3 is 4.90 Å². The van der Waals surface area contributed by atoms with Crippen LogP contribution in [0.4, 0.5) is 5.69 Å². The maximum absolute atomic E-state index is 12.7. The standard InChI is InChI=1S/C18H17NO2/c1-12-16(17(20)13-8-4-3-5-9-13)18(21)14-10-6-7-11-15(14)19(12)2/h3-12,16H,1-2H3. The van der Waals surface area contributed by atoms with E-state index in [1.54, 1.807) is 18.2 Å². The fourth-order valence-corrected chi connectivity index (χ4v) is 2.94. The number of ketones is 2. The Balaban J connectivity index is 2.05. The summed E-state index contributed by atoms with van der Waals surface area (Å²) in [5.74, 6) is -0.827. The number of anilines is 1. The molecular weight excluding hydrogens is 262 g/mol. The van der Waals surface area contributed by atoms with Crippen LogP contribution in [0, 0.1) is 5.92 Å². The Morgan fingerprint density at radius 3 is 2.33 bits per heavy atom. The smallest absolute Gasteiger partial charge is 0.177 e. The molecule has 2 atom stereocenters. The van der Waals surface area contributed by atoms with E-state index in [-0.39, 0.29) is 17.6 Å². The molecule has 2 aromatic carbocycles. The lowest BCUT2D eigenvalue weighted by molar-refractivity contribution is 0.0780. The summed E-state index contributed by atoms with van der Waals surface area (Å²) >= 11 is 0. The number of nitrogens with zero attached hydrogens (tertiary/aromatic N) is 1. The van der Waals surface area contributed by atoms with Crippen LogP contribution in [0.25, 0.3) is 0 Å². The minimum Gasteiger partial charge on any atom is -0.370 e. The fourth-order valence-electron chi connectivity index (χ4n) is 2.94. The van der Waals surface area contributed by atoms with Gasteiger partial charge in [0.25, 0.3) is 0 Å². The summed E-state index contributed by atoms with van der Waals surface area (Å²) in [4.78, 5) is 27.5. The number of rotatable bonds is 2. The number of fused-ring (bicyclic) bond motifs is 1. The van der Waals surface area contributed by atoms with Crippen molar-refractivity contribution in [2.45, 2.75) is 13.0 Å². The van der Waals surface area contributed by atoms with Crippen molar-refractivity contribution in [3.8, 4) is 0 Å². The first-order valence-electron chi connectivity index (χ1n) is 7.06. The zero-order valence-corrected chi connectivity index (χ0v) is 12.1. The Hall–Kier alpha value is -2.42. The molecule has 106 valence electrons. The number of hydrogen-bond acceptors (Lipinski definition) is 3. The second-order valence-corrected chi connectivity index (χ2v) is 5.44. The molecule has 0 fully saturated rings. The number of carbonyl (C=O) groups is 2. The molecule has 0 radical (unpaired) electrons. The van der Waals surface area contributed by atoms with E-state index in [1.807, 2.05) is 55.3 Å². The van der Waals surface area contributed by atoms with E-state index in [0.29, 0.717) is 11.1 Å². The Kier molecular flexibility index (Phi) is 3.34. The van der Waals surface area contributed by atoms with Crippen LogP contribution in [0.1, 0.15) is 27.6 Å². The lowest BCUT2D eigenvalue weighted by Crippen LogP contribution is -2.48. The fraction of sp³-hybridized carbons (Fsp3) is 0.222. The van der Waals surface area contributed by atoms with E-state index in [1.165, 1.54) is 0 Å². The summed E-state index contributed by atoms with van der Waals surface area (Å²) in [6.07, 6.45) is 0. The monoisotopic (exact) mass is 279 g/mol. The van der Waals surface area contributed by atoms with Crippen LogP contribution >= 0.6 is 0 Å². The number of hydrogen-bond donors (Lipinski definition) is 0. The summed E-state index contributed by atoms with van der Waals surface area (Å²) in [5.41, 5.74) is 2.12. The van der Waals surface area contributed by atoms with Gasteiger partial charge in [-0.3, -0.25) is 9.59 Å². The molecule has 0 aliphatic carbocycles. The van der Waals surface area contributed by atoms with Gasteiger partial charge in [0.05, 0.1) is 0 Å². The van der Waals surface area contributed by atoms with Crippen molar-refractivity contribution < 1.29 is 9.59 Å². The second kappa shape index (κ2) is 5.17. The van der Waals surface area contributed by atoms with Crippen molar-refractivity contribution >= 4 is 17.3 Å². The summed E-state index contributed by atoms with van der Waals surface area (Å²) in [6, 6.07) is 16.4. The zero-order chi connectivity index (χ0) is 15.0. The molecule has 0 saturated carbocycles. The third kappa shape index (κ3) is 2.15. The molecule has 0 saturated heterocycles. The zero-order valence-electron chi connectivity index (χ0n) is 12.1.